The molecular formula is C34H33N3O3. The lowest BCUT2D eigenvalue weighted by molar-refractivity contribution is 0.134. The quantitative estimate of drug-likeness (QED) is 0.190. The summed E-state index contributed by atoms with van der Waals surface area (Å²) in [5.74, 6) is 0.979. The number of rotatable bonds is 8. The first kappa shape index (κ1) is 25.6. The van der Waals surface area contributed by atoms with Gasteiger partial charge >= 0.3 is 6.09 Å². The van der Waals surface area contributed by atoms with E-state index in [1.165, 1.54) is 11.1 Å². The number of anilines is 1. The number of fused-ring (bicyclic) bond motifs is 2. The molecule has 1 aromatic heterocycles. The van der Waals surface area contributed by atoms with Crippen molar-refractivity contribution in [2.45, 2.75) is 37.5 Å². The molecule has 6 rings (SSSR count). The van der Waals surface area contributed by atoms with Crippen molar-refractivity contribution in [2.75, 3.05) is 12.4 Å². The third kappa shape index (κ3) is 5.52. The molecule has 6 heteroatoms. The van der Waals surface area contributed by atoms with Gasteiger partial charge in [0, 0.05) is 22.8 Å². The number of benzene rings is 4. The summed E-state index contributed by atoms with van der Waals surface area (Å²) in [5, 5.41) is 8.04. The molecule has 4 aromatic carbocycles. The Morgan fingerprint density at radius 1 is 0.950 bits per heavy atom. The fourth-order valence-corrected chi connectivity index (χ4v) is 5.76. The van der Waals surface area contributed by atoms with Crippen molar-refractivity contribution in [3.63, 3.8) is 0 Å². The van der Waals surface area contributed by atoms with E-state index in [2.05, 4.69) is 64.1 Å². The number of alkyl carbamates (subject to hydrolysis) is 1. The number of carbonyl (C=O) groups is 1. The predicted molar refractivity (Wildman–Crippen MR) is 159 cm³/mol. The van der Waals surface area contributed by atoms with Crippen LogP contribution in [0.4, 0.5) is 10.5 Å². The lowest BCUT2D eigenvalue weighted by Crippen LogP contribution is -2.31. The van der Waals surface area contributed by atoms with E-state index in [0.29, 0.717) is 6.42 Å². The highest BCUT2D eigenvalue weighted by atomic mass is 16.5. The summed E-state index contributed by atoms with van der Waals surface area (Å²) in [6.45, 7) is 0.219. The van der Waals surface area contributed by atoms with Crippen LogP contribution in [-0.4, -0.2) is 18.2 Å². The first-order valence-corrected chi connectivity index (χ1v) is 13.7. The monoisotopic (exact) mass is 531 g/mol. The van der Waals surface area contributed by atoms with E-state index in [1.54, 1.807) is 7.11 Å². The minimum absolute atomic E-state index is 0.153. The maximum atomic E-state index is 13.2. The maximum Gasteiger partial charge on any atom is 0.407 e. The standard InChI is InChI=1S/C34H33N3O3/c1-39-26-16-17-31-28(20-26)25(18-32(36-31)24-12-6-3-7-13-24)19-33(29-21-35-30-15-9-8-14-27(29)30)37-34(38)40-22-23-10-4-2-5-11-23/h2-17,20-21,25,32-33,35-36H,18-19,22H2,1H3,(H,37,38)/t25-,32+,33+/m1/s1. The van der Waals surface area contributed by atoms with E-state index in [4.69, 9.17) is 9.47 Å². The Labute approximate surface area is 234 Å². The number of methoxy groups -OCH3 is 1. The minimum Gasteiger partial charge on any atom is -0.497 e. The molecule has 3 N–H and O–H groups in total. The van der Waals surface area contributed by atoms with Gasteiger partial charge < -0.3 is 25.1 Å². The molecule has 40 heavy (non-hydrogen) atoms. The average Bonchev–Trinajstić information content (AvgIpc) is 3.44. The van der Waals surface area contributed by atoms with Crippen molar-refractivity contribution >= 4 is 22.7 Å². The van der Waals surface area contributed by atoms with Gasteiger partial charge in [0.2, 0.25) is 0 Å². The molecule has 0 aliphatic carbocycles. The van der Waals surface area contributed by atoms with Gasteiger partial charge in [-0.1, -0.05) is 78.9 Å². The Balaban J connectivity index is 1.32. The molecule has 0 spiro atoms. The third-order valence-electron chi connectivity index (χ3n) is 7.77. The zero-order valence-electron chi connectivity index (χ0n) is 22.5. The van der Waals surface area contributed by atoms with Crippen LogP contribution in [0, 0.1) is 0 Å². The molecule has 3 atom stereocenters. The fourth-order valence-electron chi connectivity index (χ4n) is 5.76. The molecule has 202 valence electrons. The highest BCUT2D eigenvalue weighted by molar-refractivity contribution is 5.84. The summed E-state index contributed by atoms with van der Waals surface area (Å²) in [6, 6.07) is 34.6. The second kappa shape index (κ2) is 11.6. The summed E-state index contributed by atoms with van der Waals surface area (Å²) in [6.07, 6.45) is 3.16. The van der Waals surface area contributed by atoms with Crippen LogP contribution in [0.25, 0.3) is 10.9 Å². The van der Waals surface area contributed by atoms with Gasteiger partial charge in [0.15, 0.2) is 0 Å². The van der Waals surface area contributed by atoms with Crippen LogP contribution in [-0.2, 0) is 11.3 Å². The van der Waals surface area contributed by atoms with E-state index in [0.717, 1.165) is 39.9 Å². The average molecular weight is 532 g/mol. The molecule has 1 aliphatic rings. The SMILES string of the molecule is COc1ccc2c(c1)[C@@H](C[C@H](NC(=O)OCc1ccccc1)c1c[nH]c3ccccc13)C[C@@H](c1ccccc1)N2. The Hall–Kier alpha value is -4.71. The lowest BCUT2D eigenvalue weighted by atomic mass is 9.79. The summed E-state index contributed by atoms with van der Waals surface area (Å²) in [4.78, 5) is 16.5. The second-order valence-corrected chi connectivity index (χ2v) is 10.3. The number of aromatic amines is 1. The van der Waals surface area contributed by atoms with Gasteiger partial charge in [0.05, 0.1) is 19.2 Å². The van der Waals surface area contributed by atoms with Crippen molar-refractivity contribution < 1.29 is 14.3 Å². The third-order valence-corrected chi connectivity index (χ3v) is 7.77. The number of hydrogen-bond acceptors (Lipinski definition) is 4. The maximum absolute atomic E-state index is 13.2. The zero-order chi connectivity index (χ0) is 27.3. The van der Waals surface area contributed by atoms with Crippen LogP contribution in [0.1, 0.15) is 53.1 Å². The van der Waals surface area contributed by atoms with E-state index in [1.807, 2.05) is 60.8 Å². The molecule has 0 bridgehead atoms. The van der Waals surface area contributed by atoms with Crippen LogP contribution in [0.15, 0.2) is 109 Å². The first-order valence-electron chi connectivity index (χ1n) is 13.7. The summed E-state index contributed by atoms with van der Waals surface area (Å²) >= 11 is 0. The fraction of sp³-hybridized carbons (Fsp3) is 0.206. The normalized spacial score (nSPS) is 16.9. The van der Waals surface area contributed by atoms with E-state index in [9.17, 15) is 4.79 Å². The van der Waals surface area contributed by atoms with E-state index < -0.39 is 6.09 Å². The second-order valence-electron chi connectivity index (χ2n) is 10.3. The number of nitrogens with one attached hydrogen (secondary N) is 3. The van der Waals surface area contributed by atoms with Gasteiger partial charge in [0.1, 0.15) is 12.4 Å². The Morgan fingerprint density at radius 3 is 2.50 bits per heavy atom. The van der Waals surface area contributed by atoms with Crippen molar-refractivity contribution in [3.8, 4) is 5.75 Å². The Bertz CT molecular complexity index is 1580. The van der Waals surface area contributed by atoms with Gasteiger partial charge in [-0.3, -0.25) is 0 Å². The van der Waals surface area contributed by atoms with Gasteiger partial charge in [0.25, 0.3) is 0 Å². The van der Waals surface area contributed by atoms with Crippen molar-refractivity contribution in [2.24, 2.45) is 0 Å². The first-order chi connectivity index (χ1) is 19.7. The number of ether oxygens (including phenoxy) is 2. The molecule has 0 saturated carbocycles. The van der Waals surface area contributed by atoms with Gasteiger partial charge in [-0.2, -0.15) is 0 Å². The van der Waals surface area contributed by atoms with Crippen molar-refractivity contribution in [1.29, 1.82) is 0 Å². The molecule has 5 aromatic rings. The molecule has 6 nitrogen and oxygen atoms in total. The van der Waals surface area contributed by atoms with Crippen LogP contribution in [0.3, 0.4) is 0 Å². The van der Waals surface area contributed by atoms with Gasteiger partial charge in [-0.15, -0.1) is 0 Å². The number of amides is 1. The number of H-pyrrole nitrogens is 1. The Morgan fingerprint density at radius 2 is 1.70 bits per heavy atom. The van der Waals surface area contributed by atoms with Crippen LogP contribution >= 0.6 is 0 Å². The zero-order valence-corrected chi connectivity index (χ0v) is 22.5. The minimum atomic E-state index is -0.432. The number of aromatic nitrogens is 1. The summed E-state index contributed by atoms with van der Waals surface area (Å²) in [7, 11) is 1.69. The van der Waals surface area contributed by atoms with E-state index in [-0.39, 0.29) is 24.6 Å². The Kier molecular flexibility index (Phi) is 7.40. The molecule has 0 saturated heterocycles. The number of para-hydroxylation sites is 1. The number of hydrogen-bond donors (Lipinski definition) is 3. The lowest BCUT2D eigenvalue weighted by Gasteiger charge is -2.35. The highest BCUT2D eigenvalue weighted by Crippen LogP contribution is 2.46. The summed E-state index contributed by atoms with van der Waals surface area (Å²) in [5.41, 5.74) is 6.56. The topological polar surface area (TPSA) is 75.4 Å². The molecule has 1 amide bonds. The smallest absolute Gasteiger partial charge is 0.407 e. The molecule has 0 fully saturated rings. The van der Waals surface area contributed by atoms with Crippen molar-refractivity contribution in [3.05, 3.63) is 132 Å². The molecular weight excluding hydrogens is 498 g/mol. The van der Waals surface area contributed by atoms with Crippen LogP contribution in [0.5, 0.6) is 5.75 Å². The highest BCUT2D eigenvalue weighted by Gasteiger charge is 2.32. The van der Waals surface area contributed by atoms with Gasteiger partial charge in [-0.25, -0.2) is 4.79 Å². The molecule has 0 radical (unpaired) electrons. The predicted octanol–water partition coefficient (Wildman–Crippen LogP) is 7.87. The van der Waals surface area contributed by atoms with Crippen LogP contribution < -0.4 is 15.4 Å². The van der Waals surface area contributed by atoms with Gasteiger partial charge in [-0.05, 0) is 65.3 Å². The van der Waals surface area contributed by atoms with E-state index >= 15 is 0 Å². The van der Waals surface area contributed by atoms with Crippen LogP contribution in [0.2, 0.25) is 0 Å². The largest absolute Gasteiger partial charge is 0.497 e. The molecule has 2 heterocycles. The summed E-state index contributed by atoms with van der Waals surface area (Å²) < 4.78 is 11.3. The number of carbonyl (C=O) groups excluding carboxylic acids is 1. The van der Waals surface area contributed by atoms with Crippen molar-refractivity contribution in [1.82, 2.24) is 10.3 Å². The molecule has 0 unspecified atom stereocenters. The molecule has 1 aliphatic heterocycles.